The second-order valence-corrected chi connectivity index (χ2v) is 13.1. The number of sulfonamides is 1. The van der Waals surface area contributed by atoms with Crippen LogP contribution in [0.25, 0.3) is 0 Å². The van der Waals surface area contributed by atoms with Gasteiger partial charge < -0.3 is 15.0 Å². The summed E-state index contributed by atoms with van der Waals surface area (Å²) in [7, 11) is -3.28. The number of halogens is 1. The summed E-state index contributed by atoms with van der Waals surface area (Å²) in [5.74, 6) is -0.934. The normalized spacial score (nSPS) is 12.6. The third-order valence-corrected chi connectivity index (χ3v) is 9.47. The molecule has 45 heavy (non-hydrogen) atoms. The highest BCUT2D eigenvalue weighted by Crippen LogP contribution is 2.36. The van der Waals surface area contributed by atoms with Crippen LogP contribution >= 0.6 is 11.6 Å². The number of carbonyl (C=O) groups is 2. The van der Waals surface area contributed by atoms with Gasteiger partial charge in [0.15, 0.2) is 0 Å². The molecule has 0 aliphatic rings. The summed E-state index contributed by atoms with van der Waals surface area (Å²) in [4.78, 5) is 39.8. The molecule has 3 rings (SSSR count). The van der Waals surface area contributed by atoms with Gasteiger partial charge in [0.2, 0.25) is 11.8 Å². The van der Waals surface area contributed by atoms with E-state index in [1.807, 2.05) is 45.0 Å². The molecular weight excluding hydrogens is 620 g/mol. The summed E-state index contributed by atoms with van der Waals surface area (Å²) in [6, 6.07) is 14.2. The molecule has 0 aromatic heterocycles. The summed E-state index contributed by atoms with van der Waals surface area (Å²) < 4.78 is 34.8. The largest absolute Gasteiger partial charge is 0.495 e. The standard InChI is InChI=1S/C32H39ClN4O7S/c1-7-23(5)34-32(39)27(8-2)35(19-24-11-9-10-21(3)16-24)31(38)20-36(29-17-25(33)13-15-30(29)44-6)45(42,43)26-14-12-22(4)28(18-26)37(40)41/h9-18,23,27H,7-8,19-20H2,1-6H3,(H,34,39)/t23-,27+/m0/s1. The van der Waals surface area contributed by atoms with Crippen LogP contribution in [-0.4, -0.2) is 55.8 Å². The number of carbonyl (C=O) groups excluding carboxylic acids is 2. The number of rotatable bonds is 14. The predicted octanol–water partition coefficient (Wildman–Crippen LogP) is 5.79. The number of nitrogens with one attached hydrogen (secondary N) is 1. The molecule has 0 unspecified atom stereocenters. The molecule has 0 spiro atoms. The third-order valence-electron chi connectivity index (χ3n) is 7.48. The number of amides is 2. The first-order valence-electron chi connectivity index (χ1n) is 14.5. The second-order valence-electron chi connectivity index (χ2n) is 10.8. The maximum Gasteiger partial charge on any atom is 0.273 e. The maximum atomic E-state index is 14.3. The first-order valence-corrected chi connectivity index (χ1v) is 16.3. The molecule has 242 valence electrons. The zero-order valence-corrected chi connectivity index (χ0v) is 27.8. The van der Waals surface area contributed by atoms with Crippen LogP contribution in [-0.2, 0) is 26.2 Å². The summed E-state index contributed by atoms with van der Waals surface area (Å²) in [5, 5.41) is 14.8. The van der Waals surface area contributed by atoms with Gasteiger partial charge in [-0.2, -0.15) is 0 Å². The fourth-order valence-corrected chi connectivity index (χ4v) is 6.42. The summed E-state index contributed by atoms with van der Waals surface area (Å²) in [6.45, 7) is 8.24. The van der Waals surface area contributed by atoms with Crippen molar-refractivity contribution in [1.82, 2.24) is 10.2 Å². The van der Waals surface area contributed by atoms with E-state index in [-0.39, 0.29) is 46.9 Å². The number of ether oxygens (including phenoxy) is 1. The van der Waals surface area contributed by atoms with E-state index in [0.29, 0.717) is 6.42 Å². The third kappa shape index (κ3) is 8.52. The van der Waals surface area contributed by atoms with Crippen LogP contribution in [0.4, 0.5) is 11.4 Å². The first kappa shape index (κ1) is 35.3. The van der Waals surface area contributed by atoms with E-state index < -0.39 is 44.0 Å². The number of hydrogen-bond donors (Lipinski definition) is 1. The average Bonchev–Trinajstić information content (AvgIpc) is 2.99. The first-order chi connectivity index (χ1) is 21.2. The molecule has 1 N–H and O–H groups in total. The molecule has 2 amide bonds. The maximum absolute atomic E-state index is 14.3. The fraction of sp³-hybridized carbons (Fsp3) is 0.375. The molecule has 11 nitrogen and oxygen atoms in total. The van der Waals surface area contributed by atoms with Crippen LogP contribution in [0.3, 0.4) is 0 Å². The fourth-order valence-electron chi connectivity index (χ4n) is 4.81. The Labute approximate surface area is 269 Å². The van der Waals surface area contributed by atoms with E-state index in [0.717, 1.165) is 21.5 Å². The number of benzene rings is 3. The molecule has 3 aromatic carbocycles. The molecule has 0 aliphatic carbocycles. The number of hydrogen-bond acceptors (Lipinski definition) is 7. The van der Waals surface area contributed by atoms with Gasteiger partial charge in [-0.25, -0.2) is 8.42 Å². The van der Waals surface area contributed by atoms with Crippen LogP contribution in [0, 0.1) is 24.0 Å². The van der Waals surface area contributed by atoms with Crippen LogP contribution < -0.4 is 14.4 Å². The molecule has 0 heterocycles. The van der Waals surface area contributed by atoms with Gasteiger partial charge in [-0.15, -0.1) is 0 Å². The van der Waals surface area contributed by atoms with E-state index in [1.165, 1.54) is 49.3 Å². The van der Waals surface area contributed by atoms with Gasteiger partial charge in [-0.3, -0.25) is 24.0 Å². The summed E-state index contributed by atoms with van der Waals surface area (Å²) in [5.41, 5.74) is 1.53. The van der Waals surface area contributed by atoms with E-state index in [9.17, 15) is 28.1 Å². The Morgan fingerprint density at radius 1 is 1.04 bits per heavy atom. The SMILES string of the molecule is CC[C@H](C(=O)N[C@@H](C)CC)N(Cc1cccc(C)c1)C(=O)CN(c1cc(Cl)ccc1OC)S(=O)(=O)c1ccc(C)c([N+](=O)[O-])c1. The average molecular weight is 659 g/mol. The minimum absolute atomic E-state index is 0.0313. The number of nitro benzene ring substituents is 1. The molecular formula is C32H39ClN4O7S. The molecule has 0 radical (unpaired) electrons. The van der Waals surface area contributed by atoms with Gasteiger partial charge in [-0.1, -0.05) is 61.3 Å². The van der Waals surface area contributed by atoms with Crippen LogP contribution in [0.15, 0.2) is 65.6 Å². The van der Waals surface area contributed by atoms with Crippen molar-refractivity contribution in [3.63, 3.8) is 0 Å². The quantitative estimate of drug-likeness (QED) is 0.171. The Morgan fingerprint density at radius 3 is 2.36 bits per heavy atom. The van der Waals surface area contributed by atoms with Crippen molar-refractivity contribution in [2.45, 2.75) is 71.0 Å². The lowest BCUT2D eigenvalue weighted by Crippen LogP contribution is -2.53. The Bertz CT molecular complexity index is 1660. The molecule has 0 saturated heterocycles. The van der Waals surface area contributed by atoms with Gasteiger partial charge in [0.05, 0.1) is 22.6 Å². The molecule has 2 atom stereocenters. The lowest BCUT2D eigenvalue weighted by atomic mass is 10.1. The molecule has 13 heteroatoms. The van der Waals surface area contributed by atoms with Crippen molar-refractivity contribution in [3.05, 3.63) is 92.5 Å². The summed E-state index contributed by atoms with van der Waals surface area (Å²) >= 11 is 6.28. The van der Waals surface area contributed by atoms with Gasteiger partial charge >= 0.3 is 0 Å². The van der Waals surface area contributed by atoms with Crippen LogP contribution in [0.1, 0.15) is 50.3 Å². The van der Waals surface area contributed by atoms with Crippen LogP contribution in [0.2, 0.25) is 5.02 Å². The van der Waals surface area contributed by atoms with Gasteiger partial charge in [-0.05, 0) is 63.4 Å². The van der Waals surface area contributed by atoms with Crippen molar-refractivity contribution in [2.75, 3.05) is 18.0 Å². The number of nitrogens with zero attached hydrogens (tertiary/aromatic N) is 3. The predicted molar refractivity (Wildman–Crippen MR) is 174 cm³/mol. The van der Waals surface area contributed by atoms with E-state index in [4.69, 9.17) is 16.3 Å². The van der Waals surface area contributed by atoms with Gasteiger partial charge in [0.1, 0.15) is 18.3 Å². The lowest BCUT2D eigenvalue weighted by molar-refractivity contribution is -0.385. The zero-order chi connectivity index (χ0) is 33.5. The molecule has 0 saturated carbocycles. The minimum Gasteiger partial charge on any atom is -0.495 e. The van der Waals surface area contributed by atoms with Crippen molar-refractivity contribution in [3.8, 4) is 5.75 Å². The molecule has 0 fully saturated rings. The number of anilines is 1. The monoisotopic (exact) mass is 658 g/mol. The van der Waals surface area contributed by atoms with E-state index >= 15 is 0 Å². The molecule has 0 aliphatic heterocycles. The van der Waals surface area contributed by atoms with Gasteiger partial charge in [0, 0.05) is 29.2 Å². The molecule has 3 aromatic rings. The van der Waals surface area contributed by atoms with Crippen LogP contribution in [0.5, 0.6) is 5.75 Å². The van der Waals surface area contributed by atoms with Crippen molar-refractivity contribution >= 4 is 44.8 Å². The molecule has 0 bridgehead atoms. The number of nitro groups is 1. The van der Waals surface area contributed by atoms with E-state index in [1.54, 1.807) is 6.92 Å². The highest BCUT2D eigenvalue weighted by atomic mass is 35.5. The highest BCUT2D eigenvalue weighted by Gasteiger charge is 2.36. The van der Waals surface area contributed by atoms with Crippen molar-refractivity contribution in [1.29, 1.82) is 0 Å². The zero-order valence-electron chi connectivity index (χ0n) is 26.2. The summed E-state index contributed by atoms with van der Waals surface area (Å²) in [6.07, 6.45) is 0.939. The Morgan fingerprint density at radius 2 is 1.76 bits per heavy atom. The van der Waals surface area contributed by atoms with E-state index in [2.05, 4.69) is 5.32 Å². The topological polar surface area (TPSA) is 139 Å². The number of methoxy groups -OCH3 is 1. The van der Waals surface area contributed by atoms with Crippen molar-refractivity contribution < 1.29 is 27.7 Å². The Kier molecular flexibility index (Phi) is 11.9. The smallest absolute Gasteiger partial charge is 0.273 e. The van der Waals surface area contributed by atoms with Gasteiger partial charge in [0.25, 0.3) is 15.7 Å². The lowest BCUT2D eigenvalue weighted by Gasteiger charge is -2.34. The van der Waals surface area contributed by atoms with Crippen molar-refractivity contribution in [2.24, 2.45) is 0 Å². The minimum atomic E-state index is -4.62. The second kappa shape index (κ2) is 15.2. The Hall–Kier alpha value is -4.16. The number of aryl methyl sites for hydroxylation is 2. The highest BCUT2D eigenvalue weighted by molar-refractivity contribution is 7.92. The Balaban J connectivity index is 2.19.